The van der Waals surface area contributed by atoms with Gasteiger partial charge in [0.2, 0.25) is 5.91 Å². The Morgan fingerprint density at radius 2 is 2.00 bits per heavy atom. The highest BCUT2D eigenvalue weighted by molar-refractivity contribution is 6.01. The highest BCUT2D eigenvalue weighted by Gasteiger charge is 2.18. The third-order valence-electron chi connectivity index (χ3n) is 4.49. The van der Waals surface area contributed by atoms with Gasteiger partial charge in [0.05, 0.1) is 5.39 Å². The molecule has 6 nitrogen and oxygen atoms in total. The Labute approximate surface area is 147 Å². The van der Waals surface area contributed by atoms with Crippen LogP contribution >= 0.6 is 0 Å². The summed E-state index contributed by atoms with van der Waals surface area (Å²) >= 11 is 0. The largest absolute Gasteiger partial charge is 0.329 e. The van der Waals surface area contributed by atoms with Crippen molar-refractivity contribution in [3.05, 3.63) is 47.7 Å². The van der Waals surface area contributed by atoms with Gasteiger partial charge in [0, 0.05) is 36.5 Å². The zero-order valence-corrected chi connectivity index (χ0v) is 15.1. The van der Waals surface area contributed by atoms with Gasteiger partial charge in [-0.3, -0.25) is 9.78 Å². The molecule has 0 aliphatic heterocycles. The van der Waals surface area contributed by atoms with E-state index in [9.17, 15) is 4.79 Å². The van der Waals surface area contributed by atoms with Crippen molar-refractivity contribution in [1.82, 2.24) is 19.5 Å². The minimum absolute atomic E-state index is 0.0433. The molecule has 0 aromatic carbocycles. The van der Waals surface area contributed by atoms with Crippen LogP contribution in [0.2, 0.25) is 0 Å². The quantitative estimate of drug-likeness (QED) is 0.775. The molecular formula is C19H23N5O. The number of fused-ring (bicyclic) bond motifs is 1. The van der Waals surface area contributed by atoms with E-state index in [4.69, 9.17) is 0 Å². The predicted molar refractivity (Wildman–Crippen MR) is 98.4 cm³/mol. The first-order chi connectivity index (χ1) is 12.0. The van der Waals surface area contributed by atoms with Gasteiger partial charge in [-0.15, -0.1) is 0 Å². The van der Waals surface area contributed by atoms with Crippen LogP contribution in [0.25, 0.3) is 11.0 Å². The average molecular weight is 337 g/mol. The summed E-state index contributed by atoms with van der Waals surface area (Å²) in [5.74, 6) is 0.442. The molecule has 0 fully saturated rings. The molecule has 3 heterocycles. The number of carbonyl (C=O) groups excluding carboxylic acids is 1. The van der Waals surface area contributed by atoms with E-state index in [1.807, 2.05) is 45.2 Å². The number of hydrogen-bond donors (Lipinski definition) is 1. The molecule has 0 radical (unpaired) electrons. The molecule has 130 valence electrons. The highest BCUT2D eigenvalue weighted by atomic mass is 16.1. The molecule has 0 aliphatic rings. The van der Waals surface area contributed by atoms with Crippen LogP contribution < -0.4 is 5.32 Å². The summed E-state index contributed by atoms with van der Waals surface area (Å²) in [7, 11) is 0. The number of rotatable bonds is 5. The number of amides is 1. The topological polar surface area (TPSA) is 72.7 Å². The van der Waals surface area contributed by atoms with E-state index >= 15 is 0 Å². The van der Waals surface area contributed by atoms with E-state index in [1.165, 1.54) is 6.33 Å². The molecule has 0 unspecified atom stereocenters. The maximum absolute atomic E-state index is 12.1. The van der Waals surface area contributed by atoms with Crippen LogP contribution in [0.5, 0.6) is 0 Å². The lowest BCUT2D eigenvalue weighted by Crippen LogP contribution is -2.18. The normalized spacial score (nSPS) is 11.2. The third kappa shape index (κ3) is 3.38. The summed E-state index contributed by atoms with van der Waals surface area (Å²) in [6.45, 7) is 8.63. The second kappa shape index (κ2) is 7.01. The Bertz CT molecular complexity index is 899. The second-order valence-electron chi connectivity index (χ2n) is 6.50. The van der Waals surface area contributed by atoms with Crippen molar-refractivity contribution >= 4 is 22.8 Å². The Balaban J connectivity index is 1.97. The number of carbonyl (C=O) groups is 1. The zero-order valence-electron chi connectivity index (χ0n) is 15.1. The highest BCUT2D eigenvalue weighted by Crippen LogP contribution is 2.29. The number of pyridine rings is 1. The Kier molecular flexibility index (Phi) is 4.79. The standard InChI is InChI=1S/C19H23N5O/c1-12(2)19(25)23-17-16-13(3)14(4)24(18(16)22-11-21-17)10-8-15-7-5-6-9-20-15/h5-7,9,11-12H,8,10H2,1-4H3,(H,21,22,23,25). The average Bonchev–Trinajstić information content (AvgIpc) is 2.86. The predicted octanol–water partition coefficient (Wildman–Crippen LogP) is 3.28. The van der Waals surface area contributed by atoms with Gasteiger partial charge in [0.1, 0.15) is 17.8 Å². The van der Waals surface area contributed by atoms with Crippen LogP contribution in [0.15, 0.2) is 30.7 Å². The second-order valence-corrected chi connectivity index (χ2v) is 6.50. The van der Waals surface area contributed by atoms with Crippen molar-refractivity contribution in [3.63, 3.8) is 0 Å². The first-order valence-corrected chi connectivity index (χ1v) is 8.50. The molecule has 3 aromatic rings. The summed E-state index contributed by atoms with van der Waals surface area (Å²) < 4.78 is 2.17. The van der Waals surface area contributed by atoms with E-state index in [2.05, 4.69) is 31.8 Å². The Morgan fingerprint density at radius 3 is 2.68 bits per heavy atom. The molecule has 0 bridgehead atoms. The van der Waals surface area contributed by atoms with Gasteiger partial charge >= 0.3 is 0 Å². The third-order valence-corrected chi connectivity index (χ3v) is 4.49. The van der Waals surface area contributed by atoms with E-state index < -0.39 is 0 Å². The van der Waals surface area contributed by atoms with Gasteiger partial charge in [-0.2, -0.15) is 0 Å². The van der Waals surface area contributed by atoms with Gasteiger partial charge in [-0.25, -0.2) is 9.97 Å². The van der Waals surface area contributed by atoms with Gasteiger partial charge in [-0.1, -0.05) is 19.9 Å². The van der Waals surface area contributed by atoms with Crippen LogP contribution in [0, 0.1) is 19.8 Å². The number of aryl methyl sites for hydroxylation is 3. The van der Waals surface area contributed by atoms with E-state index in [0.29, 0.717) is 5.82 Å². The molecule has 25 heavy (non-hydrogen) atoms. The molecule has 0 saturated carbocycles. The van der Waals surface area contributed by atoms with Gasteiger partial charge in [-0.05, 0) is 31.5 Å². The summed E-state index contributed by atoms with van der Waals surface area (Å²) in [6.07, 6.45) is 4.14. The first kappa shape index (κ1) is 17.1. The number of hydrogen-bond acceptors (Lipinski definition) is 4. The molecule has 3 rings (SSSR count). The molecule has 1 N–H and O–H groups in total. The van der Waals surface area contributed by atoms with E-state index in [-0.39, 0.29) is 11.8 Å². The van der Waals surface area contributed by atoms with Crippen molar-refractivity contribution in [1.29, 1.82) is 0 Å². The summed E-state index contributed by atoms with van der Waals surface area (Å²) in [5, 5.41) is 3.84. The molecular weight excluding hydrogens is 314 g/mol. The molecule has 0 atom stereocenters. The minimum atomic E-state index is -0.0994. The molecule has 0 saturated heterocycles. The van der Waals surface area contributed by atoms with Crippen molar-refractivity contribution in [2.24, 2.45) is 5.92 Å². The summed E-state index contributed by atoms with van der Waals surface area (Å²) in [6, 6.07) is 5.94. The Hall–Kier alpha value is -2.76. The van der Waals surface area contributed by atoms with Crippen molar-refractivity contribution < 1.29 is 4.79 Å². The van der Waals surface area contributed by atoms with Crippen LogP contribution in [0.1, 0.15) is 30.8 Å². The SMILES string of the molecule is Cc1c(C)n(CCc2ccccn2)c2ncnc(NC(=O)C(C)C)c12. The van der Waals surface area contributed by atoms with Crippen molar-refractivity contribution in [2.45, 2.75) is 40.7 Å². The van der Waals surface area contributed by atoms with E-state index in [0.717, 1.165) is 41.0 Å². The van der Waals surface area contributed by atoms with Crippen molar-refractivity contribution in [2.75, 3.05) is 5.32 Å². The van der Waals surface area contributed by atoms with Crippen molar-refractivity contribution in [3.8, 4) is 0 Å². The number of nitrogens with one attached hydrogen (secondary N) is 1. The molecule has 1 amide bonds. The Morgan fingerprint density at radius 1 is 1.20 bits per heavy atom. The number of anilines is 1. The summed E-state index contributed by atoms with van der Waals surface area (Å²) in [5.41, 5.74) is 4.12. The van der Waals surface area contributed by atoms with E-state index in [1.54, 1.807) is 0 Å². The number of nitrogens with zero attached hydrogens (tertiary/aromatic N) is 4. The molecule has 3 aromatic heterocycles. The minimum Gasteiger partial charge on any atom is -0.329 e. The molecule has 6 heteroatoms. The lowest BCUT2D eigenvalue weighted by molar-refractivity contribution is -0.118. The maximum atomic E-state index is 12.1. The molecule has 0 spiro atoms. The fraction of sp³-hybridized carbons (Fsp3) is 0.368. The zero-order chi connectivity index (χ0) is 18.0. The van der Waals surface area contributed by atoms with Crippen LogP contribution in [0.3, 0.4) is 0 Å². The van der Waals surface area contributed by atoms with Gasteiger partial charge < -0.3 is 9.88 Å². The lowest BCUT2D eigenvalue weighted by atomic mass is 10.2. The first-order valence-electron chi connectivity index (χ1n) is 8.50. The maximum Gasteiger partial charge on any atom is 0.228 e. The smallest absolute Gasteiger partial charge is 0.228 e. The van der Waals surface area contributed by atoms with Crippen LogP contribution in [-0.2, 0) is 17.8 Å². The summed E-state index contributed by atoms with van der Waals surface area (Å²) in [4.78, 5) is 25.2. The van der Waals surface area contributed by atoms with Crippen LogP contribution in [-0.4, -0.2) is 25.4 Å². The van der Waals surface area contributed by atoms with Gasteiger partial charge in [0.15, 0.2) is 0 Å². The van der Waals surface area contributed by atoms with Crippen LogP contribution in [0.4, 0.5) is 5.82 Å². The number of aromatic nitrogens is 4. The van der Waals surface area contributed by atoms with Gasteiger partial charge in [0.25, 0.3) is 0 Å². The lowest BCUT2D eigenvalue weighted by Gasteiger charge is -2.09. The fourth-order valence-corrected chi connectivity index (χ4v) is 2.87. The molecule has 0 aliphatic carbocycles. The fourth-order valence-electron chi connectivity index (χ4n) is 2.87. The monoisotopic (exact) mass is 337 g/mol.